The molecule has 1 spiro atoms. The highest BCUT2D eigenvalue weighted by Crippen LogP contribution is 2.37. The molecule has 114 valence electrons. The first-order valence-electron chi connectivity index (χ1n) is 7.67. The Morgan fingerprint density at radius 1 is 1.33 bits per heavy atom. The van der Waals surface area contributed by atoms with Gasteiger partial charge in [-0.05, 0) is 38.1 Å². The van der Waals surface area contributed by atoms with E-state index in [4.69, 9.17) is 4.74 Å². The van der Waals surface area contributed by atoms with Crippen LogP contribution in [-0.2, 0) is 4.74 Å². The summed E-state index contributed by atoms with van der Waals surface area (Å²) >= 11 is 0. The van der Waals surface area contributed by atoms with Crippen LogP contribution in [0.25, 0.3) is 0 Å². The number of carbonyl (C=O) groups is 1. The zero-order valence-electron chi connectivity index (χ0n) is 12.5. The van der Waals surface area contributed by atoms with Crippen LogP contribution in [-0.4, -0.2) is 48.7 Å². The molecular weight excluding hydrogens is 268 g/mol. The van der Waals surface area contributed by atoms with Crippen molar-refractivity contribution in [2.45, 2.75) is 26.2 Å². The molecule has 3 heterocycles. The number of rotatable bonds is 3. The van der Waals surface area contributed by atoms with Crippen LogP contribution < -0.4 is 10.2 Å². The molecule has 2 aliphatic heterocycles. The Kier molecular flexibility index (Phi) is 4.05. The van der Waals surface area contributed by atoms with Gasteiger partial charge in [0.1, 0.15) is 0 Å². The molecule has 1 aromatic rings. The van der Waals surface area contributed by atoms with Crippen molar-refractivity contribution in [3.63, 3.8) is 0 Å². The van der Waals surface area contributed by atoms with Gasteiger partial charge in [-0.1, -0.05) is 0 Å². The SMILES string of the molecule is CCOC(=O)c1cnc(N2CCC3(CCNC3)CC2)nc1. The fourth-order valence-corrected chi connectivity index (χ4v) is 3.21. The summed E-state index contributed by atoms with van der Waals surface area (Å²) in [7, 11) is 0. The number of aromatic nitrogens is 2. The lowest BCUT2D eigenvalue weighted by molar-refractivity contribution is 0.0525. The molecule has 6 nitrogen and oxygen atoms in total. The Balaban J connectivity index is 1.61. The molecule has 6 heteroatoms. The van der Waals surface area contributed by atoms with E-state index in [0.717, 1.165) is 26.2 Å². The lowest BCUT2D eigenvalue weighted by atomic mass is 9.78. The van der Waals surface area contributed by atoms with Gasteiger partial charge in [0.2, 0.25) is 5.95 Å². The van der Waals surface area contributed by atoms with Crippen LogP contribution in [0.1, 0.15) is 36.5 Å². The average molecular weight is 290 g/mol. The molecule has 0 aliphatic carbocycles. The van der Waals surface area contributed by atoms with Gasteiger partial charge in [-0.25, -0.2) is 14.8 Å². The maximum Gasteiger partial charge on any atom is 0.341 e. The number of piperidine rings is 1. The van der Waals surface area contributed by atoms with Gasteiger partial charge in [-0.2, -0.15) is 0 Å². The van der Waals surface area contributed by atoms with E-state index in [1.807, 2.05) is 0 Å². The topological polar surface area (TPSA) is 67.3 Å². The first kappa shape index (κ1) is 14.3. The maximum absolute atomic E-state index is 11.6. The maximum atomic E-state index is 11.6. The molecule has 0 radical (unpaired) electrons. The van der Waals surface area contributed by atoms with Crippen LogP contribution in [0, 0.1) is 5.41 Å². The van der Waals surface area contributed by atoms with E-state index in [2.05, 4.69) is 20.2 Å². The second kappa shape index (κ2) is 5.97. The highest BCUT2D eigenvalue weighted by Gasteiger charge is 2.37. The number of hydrogen-bond acceptors (Lipinski definition) is 6. The number of ether oxygens (including phenoxy) is 1. The third kappa shape index (κ3) is 3.00. The minimum atomic E-state index is -0.362. The van der Waals surface area contributed by atoms with E-state index in [0.29, 0.717) is 23.5 Å². The summed E-state index contributed by atoms with van der Waals surface area (Å²) in [5, 5.41) is 3.47. The number of carbonyl (C=O) groups excluding carboxylic acids is 1. The molecule has 2 aliphatic rings. The molecule has 1 aromatic heterocycles. The van der Waals surface area contributed by atoms with Crippen molar-refractivity contribution >= 4 is 11.9 Å². The smallest absolute Gasteiger partial charge is 0.341 e. The van der Waals surface area contributed by atoms with Gasteiger partial charge in [-0.3, -0.25) is 0 Å². The summed E-state index contributed by atoms with van der Waals surface area (Å²) in [6.07, 6.45) is 6.76. The molecule has 21 heavy (non-hydrogen) atoms. The van der Waals surface area contributed by atoms with Crippen LogP contribution in [0.15, 0.2) is 12.4 Å². The molecule has 0 bridgehead atoms. The normalized spacial score (nSPS) is 20.7. The molecular formula is C15H22N4O2. The zero-order chi connectivity index (χ0) is 14.7. The summed E-state index contributed by atoms with van der Waals surface area (Å²) in [6, 6.07) is 0. The highest BCUT2D eigenvalue weighted by atomic mass is 16.5. The largest absolute Gasteiger partial charge is 0.462 e. The monoisotopic (exact) mass is 290 g/mol. The number of esters is 1. The van der Waals surface area contributed by atoms with Crippen molar-refractivity contribution in [1.82, 2.24) is 15.3 Å². The fraction of sp³-hybridized carbons (Fsp3) is 0.667. The van der Waals surface area contributed by atoms with Crippen molar-refractivity contribution in [2.24, 2.45) is 5.41 Å². The van der Waals surface area contributed by atoms with E-state index >= 15 is 0 Å². The van der Waals surface area contributed by atoms with Crippen LogP contribution in [0.5, 0.6) is 0 Å². The molecule has 0 saturated carbocycles. The van der Waals surface area contributed by atoms with E-state index in [9.17, 15) is 4.79 Å². The van der Waals surface area contributed by atoms with Crippen LogP contribution in [0.3, 0.4) is 0 Å². The number of nitrogens with one attached hydrogen (secondary N) is 1. The average Bonchev–Trinajstić information content (AvgIpc) is 2.97. The van der Waals surface area contributed by atoms with Crippen molar-refractivity contribution in [1.29, 1.82) is 0 Å². The standard InChI is InChI=1S/C15H22N4O2/c1-2-21-13(20)12-9-17-14(18-10-12)19-7-4-15(5-8-19)3-6-16-11-15/h9-10,16H,2-8,11H2,1H3. The van der Waals surface area contributed by atoms with Crippen molar-refractivity contribution < 1.29 is 9.53 Å². The van der Waals surface area contributed by atoms with E-state index in [1.165, 1.54) is 19.3 Å². The lowest BCUT2D eigenvalue weighted by Crippen LogP contribution is -2.41. The molecule has 2 fully saturated rings. The first-order valence-corrected chi connectivity index (χ1v) is 7.67. The predicted molar refractivity (Wildman–Crippen MR) is 79.4 cm³/mol. The van der Waals surface area contributed by atoms with Gasteiger partial charge < -0.3 is 15.0 Å². The second-order valence-electron chi connectivity index (χ2n) is 5.91. The van der Waals surface area contributed by atoms with Gasteiger partial charge in [0, 0.05) is 32.0 Å². The summed E-state index contributed by atoms with van der Waals surface area (Å²) in [6.45, 7) is 6.41. The van der Waals surface area contributed by atoms with Gasteiger partial charge in [0.05, 0.1) is 12.2 Å². The minimum Gasteiger partial charge on any atom is -0.462 e. The summed E-state index contributed by atoms with van der Waals surface area (Å²) in [5.41, 5.74) is 0.899. The summed E-state index contributed by atoms with van der Waals surface area (Å²) in [5.74, 6) is 0.350. The van der Waals surface area contributed by atoms with Crippen molar-refractivity contribution in [3.05, 3.63) is 18.0 Å². The molecule has 0 aromatic carbocycles. The van der Waals surface area contributed by atoms with Gasteiger partial charge in [0.25, 0.3) is 0 Å². The van der Waals surface area contributed by atoms with Gasteiger partial charge in [-0.15, -0.1) is 0 Å². The zero-order valence-corrected chi connectivity index (χ0v) is 12.5. The Labute approximate surface area is 124 Å². The quantitative estimate of drug-likeness (QED) is 0.845. The number of anilines is 1. The predicted octanol–water partition coefficient (Wildman–Crippen LogP) is 1.23. The molecule has 2 saturated heterocycles. The molecule has 0 amide bonds. The highest BCUT2D eigenvalue weighted by molar-refractivity contribution is 5.88. The molecule has 1 N–H and O–H groups in total. The molecule has 0 unspecified atom stereocenters. The van der Waals surface area contributed by atoms with E-state index < -0.39 is 0 Å². The number of hydrogen-bond donors (Lipinski definition) is 1. The molecule has 0 atom stereocenters. The third-order valence-corrected chi connectivity index (χ3v) is 4.59. The van der Waals surface area contributed by atoms with Crippen molar-refractivity contribution in [3.8, 4) is 0 Å². The third-order valence-electron chi connectivity index (χ3n) is 4.59. The van der Waals surface area contributed by atoms with Gasteiger partial charge in [0.15, 0.2) is 0 Å². The van der Waals surface area contributed by atoms with Gasteiger partial charge >= 0.3 is 5.97 Å². The fourth-order valence-electron chi connectivity index (χ4n) is 3.21. The minimum absolute atomic E-state index is 0.362. The lowest BCUT2D eigenvalue weighted by Gasteiger charge is -2.38. The Morgan fingerprint density at radius 3 is 2.62 bits per heavy atom. The summed E-state index contributed by atoms with van der Waals surface area (Å²) < 4.78 is 4.94. The second-order valence-corrected chi connectivity index (χ2v) is 5.91. The summed E-state index contributed by atoms with van der Waals surface area (Å²) in [4.78, 5) is 22.4. The number of nitrogens with zero attached hydrogens (tertiary/aromatic N) is 3. The van der Waals surface area contributed by atoms with Crippen LogP contribution in [0.2, 0.25) is 0 Å². The first-order chi connectivity index (χ1) is 10.2. The Bertz CT molecular complexity index is 487. The van der Waals surface area contributed by atoms with Crippen LogP contribution in [0.4, 0.5) is 5.95 Å². The van der Waals surface area contributed by atoms with Crippen LogP contribution >= 0.6 is 0 Å². The van der Waals surface area contributed by atoms with Crippen molar-refractivity contribution in [2.75, 3.05) is 37.7 Å². The van der Waals surface area contributed by atoms with E-state index in [1.54, 1.807) is 19.3 Å². The van der Waals surface area contributed by atoms with E-state index in [-0.39, 0.29) is 5.97 Å². The molecule has 3 rings (SSSR count). The Morgan fingerprint density at radius 2 is 2.05 bits per heavy atom. The Hall–Kier alpha value is -1.69.